The zero-order valence-corrected chi connectivity index (χ0v) is 11.6. The second-order valence-corrected chi connectivity index (χ2v) is 5.97. The van der Waals surface area contributed by atoms with Crippen LogP contribution in [0.2, 0.25) is 5.02 Å². The van der Waals surface area contributed by atoms with Gasteiger partial charge in [-0.3, -0.25) is 0 Å². The molecule has 2 unspecified atom stereocenters. The predicted octanol–water partition coefficient (Wildman–Crippen LogP) is 0.451. The van der Waals surface area contributed by atoms with Gasteiger partial charge < -0.3 is 20.4 Å². The fourth-order valence-corrected chi connectivity index (χ4v) is 3.47. The number of pyridine rings is 1. The third-order valence-corrected chi connectivity index (χ3v) is 4.64. The van der Waals surface area contributed by atoms with Crippen molar-refractivity contribution < 1.29 is 15.0 Å². The number of carboxylic acid groups (broad SMARTS) is 1. The molecule has 1 aromatic rings. The van der Waals surface area contributed by atoms with Crippen molar-refractivity contribution >= 4 is 23.4 Å². The van der Waals surface area contributed by atoms with Gasteiger partial charge in [0.25, 0.3) is 0 Å². The van der Waals surface area contributed by atoms with Crippen LogP contribution in [0.1, 0.15) is 10.4 Å². The number of aliphatic hydroxyl groups is 1. The smallest absolute Gasteiger partial charge is 0.337 e. The van der Waals surface area contributed by atoms with E-state index in [-0.39, 0.29) is 17.6 Å². The lowest BCUT2D eigenvalue weighted by atomic mass is 9.82. The second kappa shape index (κ2) is 4.87. The molecule has 2 aliphatic rings. The van der Waals surface area contributed by atoms with Crippen LogP contribution in [0.15, 0.2) is 12.3 Å². The van der Waals surface area contributed by atoms with Crippen LogP contribution in [-0.4, -0.2) is 54.0 Å². The van der Waals surface area contributed by atoms with E-state index in [4.69, 9.17) is 16.7 Å². The Hall–Kier alpha value is -1.37. The van der Waals surface area contributed by atoms with Crippen molar-refractivity contribution in [3.63, 3.8) is 0 Å². The lowest BCUT2D eigenvalue weighted by molar-refractivity contribution is 0.0696. The molecule has 3 N–H and O–H groups in total. The highest BCUT2D eigenvalue weighted by Gasteiger charge is 2.49. The van der Waals surface area contributed by atoms with Crippen molar-refractivity contribution in [1.29, 1.82) is 0 Å². The maximum absolute atomic E-state index is 10.9. The number of hydrogen-bond donors (Lipinski definition) is 3. The summed E-state index contributed by atoms with van der Waals surface area (Å²) in [4.78, 5) is 17.1. The number of hydrogen-bond acceptors (Lipinski definition) is 5. The minimum Gasteiger partial charge on any atom is -0.478 e. The number of fused-ring (bicyclic) bond motifs is 1. The Balaban J connectivity index is 1.86. The normalized spacial score (nSPS) is 28.7. The minimum absolute atomic E-state index is 0.0803. The van der Waals surface area contributed by atoms with E-state index < -0.39 is 5.97 Å². The van der Waals surface area contributed by atoms with Crippen LogP contribution in [0, 0.1) is 11.3 Å². The summed E-state index contributed by atoms with van der Waals surface area (Å²) in [5.74, 6) is -0.0799. The van der Waals surface area contributed by atoms with E-state index in [0.717, 1.165) is 19.6 Å². The van der Waals surface area contributed by atoms with E-state index in [9.17, 15) is 9.90 Å². The fourth-order valence-electron chi connectivity index (χ4n) is 3.19. The Morgan fingerprint density at radius 3 is 3.05 bits per heavy atom. The molecule has 3 heterocycles. The number of rotatable bonds is 3. The van der Waals surface area contributed by atoms with Gasteiger partial charge in [-0.15, -0.1) is 0 Å². The molecular formula is C13H16ClN3O3. The van der Waals surface area contributed by atoms with E-state index >= 15 is 0 Å². The standard InChI is InChI=1S/C13H16ClN3O3/c14-10-1-8(12(19)20)2-16-11(10)17-4-9-3-15-5-13(9,6-17)7-18/h1-2,9,15,18H,3-7H2,(H,19,20). The van der Waals surface area contributed by atoms with Gasteiger partial charge in [0.05, 0.1) is 17.2 Å². The Bertz CT molecular complexity index is 554. The number of aromatic nitrogens is 1. The number of halogens is 1. The predicted molar refractivity (Wildman–Crippen MR) is 74.3 cm³/mol. The van der Waals surface area contributed by atoms with Gasteiger partial charge in [0.2, 0.25) is 0 Å². The molecule has 0 saturated carbocycles. The molecule has 0 bridgehead atoms. The van der Waals surface area contributed by atoms with Crippen molar-refractivity contribution in [2.24, 2.45) is 11.3 Å². The van der Waals surface area contributed by atoms with Crippen molar-refractivity contribution in [1.82, 2.24) is 10.3 Å². The van der Waals surface area contributed by atoms with E-state index in [0.29, 0.717) is 23.3 Å². The Morgan fingerprint density at radius 1 is 1.65 bits per heavy atom. The molecule has 2 saturated heterocycles. The van der Waals surface area contributed by atoms with Crippen molar-refractivity contribution in [2.45, 2.75) is 0 Å². The number of carbonyl (C=O) groups is 1. The first-order valence-electron chi connectivity index (χ1n) is 6.51. The molecule has 0 amide bonds. The van der Waals surface area contributed by atoms with Crippen LogP contribution in [0.5, 0.6) is 0 Å². The van der Waals surface area contributed by atoms with Crippen molar-refractivity contribution in [3.05, 3.63) is 22.8 Å². The maximum atomic E-state index is 10.9. The molecule has 0 spiro atoms. The first-order chi connectivity index (χ1) is 9.55. The van der Waals surface area contributed by atoms with Crippen LogP contribution >= 0.6 is 11.6 Å². The van der Waals surface area contributed by atoms with Gasteiger partial charge in [0.15, 0.2) is 0 Å². The van der Waals surface area contributed by atoms with E-state index in [1.807, 2.05) is 4.90 Å². The maximum Gasteiger partial charge on any atom is 0.337 e. The molecule has 7 heteroatoms. The number of aromatic carboxylic acids is 1. The van der Waals surface area contributed by atoms with E-state index in [2.05, 4.69) is 10.3 Å². The van der Waals surface area contributed by atoms with Crippen LogP contribution < -0.4 is 10.2 Å². The van der Waals surface area contributed by atoms with Crippen LogP contribution in [0.4, 0.5) is 5.82 Å². The zero-order chi connectivity index (χ0) is 14.3. The van der Waals surface area contributed by atoms with E-state index in [1.165, 1.54) is 12.3 Å². The summed E-state index contributed by atoms with van der Waals surface area (Å²) in [6, 6.07) is 1.42. The average Bonchev–Trinajstić information content (AvgIpc) is 2.95. The van der Waals surface area contributed by atoms with Gasteiger partial charge in [-0.2, -0.15) is 0 Å². The number of carboxylic acids is 1. The monoisotopic (exact) mass is 297 g/mol. The van der Waals surface area contributed by atoms with Crippen LogP contribution in [0.25, 0.3) is 0 Å². The van der Waals surface area contributed by atoms with Gasteiger partial charge in [0.1, 0.15) is 5.82 Å². The molecule has 108 valence electrons. The number of aliphatic hydroxyl groups excluding tert-OH is 1. The van der Waals surface area contributed by atoms with Crippen molar-refractivity contribution in [2.75, 3.05) is 37.7 Å². The molecule has 0 aromatic carbocycles. The minimum atomic E-state index is -1.04. The van der Waals surface area contributed by atoms with Gasteiger partial charge >= 0.3 is 5.97 Å². The summed E-state index contributed by atoms with van der Waals surface area (Å²) in [6.45, 7) is 3.25. The summed E-state index contributed by atoms with van der Waals surface area (Å²) in [6.07, 6.45) is 1.32. The molecule has 1 aromatic heterocycles. The molecule has 0 aliphatic carbocycles. The molecule has 2 atom stereocenters. The highest BCUT2D eigenvalue weighted by molar-refractivity contribution is 6.33. The van der Waals surface area contributed by atoms with Gasteiger partial charge in [-0.05, 0) is 12.0 Å². The Labute approximate surface area is 121 Å². The molecule has 2 fully saturated rings. The average molecular weight is 298 g/mol. The molecule has 20 heavy (non-hydrogen) atoms. The highest BCUT2D eigenvalue weighted by Crippen LogP contribution is 2.41. The summed E-state index contributed by atoms with van der Waals surface area (Å²) in [7, 11) is 0. The summed E-state index contributed by atoms with van der Waals surface area (Å²) >= 11 is 6.15. The topological polar surface area (TPSA) is 85.7 Å². The lowest BCUT2D eigenvalue weighted by Crippen LogP contribution is -2.36. The molecular weight excluding hydrogens is 282 g/mol. The summed E-state index contributed by atoms with van der Waals surface area (Å²) in [5.41, 5.74) is -0.0621. The lowest BCUT2D eigenvalue weighted by Gasteiger charge is -2.25. The number of anilines is 1. The molecule has 3 rings (SSSR count). The van der Waals surface area contributed by atoms with Gasteiger partial charge in [0, 0.05) is 37.8 Å². The molecule has 2 aliphatic heterocycles. The summed E-state index contributed by atoms with van der Waals surface area (Å²) in [5, 5.41) is 22.3. The van der Waals surface area contributed by atoms with Gasteiger partial charge in [-0.1, -0.05) is 11.6 Å². The van der Waals surface area contributed by atoms with E-state index in [1.54, 1.807) is 0 Å². The third kappa shape index (κ3) is 2.04. The largest absolute Gasteiger partial charge is 0.478 e. The first-order valence-corrected chi connectivity index (χ1v) is 6.89. The third-order valence-electron chi connectivity index (χ3n) is 4.36. The molecule has 6 nitrogen and oxygen atoms in total. The van der Waals surface area contributed by atoms with Gasteiger partial charge in [-0.25, -0.2) is 9.78 Å². The van der Waals surface area contributed by atoms with Crippen LogP contribution in [-0.2, 0) is 0 Å². The highest BCUT2D eigenvalue weighted by atomic mass is 35.5. The number of nitrogens with zero attached hydrogens (tertiary/aromatic N) is 2. The fraction of sp³-hybridized carbons (Fsp3) is 0.538. The molecule has 0 radical (unpaired) electrons. The first kappa shape index (κ1) is 13.6. The Kier molecular flexibility index (Phi) is 3.32. The van der Waals surface area contributed by atoms with Crippen LogP contribution in [0.3, 0.4) is 0 Å². The van der Waals surface area contributed by atoms with Crippen molar-refractivity contribution in [3.8, 4) is 0 Å². The summed E-state index contributed by atoms with van der Waals surface area (Å²) < 4.78 is 0. The SMILES string of the molecule is O=C(O)c1cnc(N2CC3CNCC3(CO)C2)c(Cl)c1. The quantitative estimate of drug-likeness (QED) is 0.751. The zero-order valence-electron chi connectivity index (χ0n) is 10.8. The second-order valence-electron chi connectivity index (χ2n) is 5.56. The Morgan fingerprint density at radius 2 is 2.45 bits per heavy atom. The number of nitrogens with one attached hydrogen (secondary N) is 1.